The lowest BCUT2D eigenvalue weighted by Crippen LogP contribution is -2.12. The topological polar surface area (TPSA) is 60.5 Å². The lowest BCUT2D eigenvalue weighted by atomic mass is 10.0. The molecule has 21 heavy (non-hydrogen) atoms. The van der Waals surface area contributed by atoms with Gasteiger partial charge in [-0.3, -0.25) is 9.78 Å². The van der Waals surface area contributed by atoms with Crippen molar-refractivity contribution in [3.8, 4) is 11.1 Å². The summed E-state index contributed by atoms with van der Waals surface area (Å²) >= 11 is 0. The van der Waals surface area contributed by atoms with Crippen LogP contribution in [-0.2, 0) is 16.0 Å². The van der Waals surface area contributed by atoms with Gasteiger partial charge in [0.2, 0.25) is 6.29 Å². The first-order chi connectivity index (χ1) is 10.2. The Bertz CT molecular complexity index is 664. The van der Waals surface area contributed by atoms with E-state index >= 15 is 0 Å². The number of amides is 1. The predicted molar refractivity (Wildman–Crippen MR) is 77.6 cm³/mol. The minimum absolute atomic E-state index is 0.00643. The highest BCUT2D eigenvalue weighted by Gasteiger charge is 2.19. The highest BCUT2D eigenvalue weighted by Crippen LogP contribution is 2.25. The monoisotopic (exact) mass is 284 g/mol. The standard InChI is InChI=1S/C16H16N2O3/c1-20-16(21-2)14-6-4-11(8-17-14)10-3-5-13-12(7-10)9-18-15(13)19/h3-8,16H,9H2,1-2H3,(H,18,19). The Morgan fingerprint density at radius 3 is 2.57 bits per heavy atom. The Morgan fingerprint density at radius 2 is 1.90 bits per heavy atom. The van der Waals surface area contributed by atoms with Crippen LogP contribution in [0.5, 0.6) is 0 Å². The predicted octanol–water partition coefficient (Wildman–Crippen LogP) is 2.28. The summed E-state index contributed by atoms with van der Waals surface area (Å²) in [6.45, 7) is 0.586. The van der Waals surface area contributed by atoms with Crippen LogP contribution >= 0.6 is 0 Å². The van der Waals surface area contributed by atoms with E-state index in [-0.39, 0.29) is 5.91 Å². The van der Waals surface area contributed by atoms with Gasteiger partial charge in [-0.25, -0.2) is 0 Å². The van der Waals surface area contributed by atoms with Crippen LogP contribution in [0.25, 0.3) is 11.1 Å². The zero-order valence-electron chi connectivity index (χ0n) is 11.9. The van der Waals surface area contributed by atoms with Gasteiger partial charge in [-0.2, -0.15) is 0 Å². The van der Waals surface area contributed by atoms with Crippen LogP contribution in [0.4, 0.5) is 0 Å². The maximum absolute atomic E-state index is 11.5. The number of carbonyl (C=O) groups is 1. The molecular weight excluding hydrogens is 268 g/mol. The number of methoxy groups -OCH3 is 2. The van der Waals surface area contributed by atoms with Crippen LogP contribution in [0.2, 0.25) is 0 Å². The van der Waals surface area contributed by atoms with Crippen molar-refractivity contribution in [2.75, 3.05) is 14.2 Å². The molecule has 0 saturated heterocycles. The second-order valence-electron chi connectivity index (χ2n) is 4.83. The summed E-state index contributed by atoms with van der Waals surface area (Å²) < 4.78 is 10.3. The molecule has 1 aliphatic heterocycles. The molecule has 5 heteroatoms. The molecule has 1 N–H and O–H groups in total. The zero-order chi connectivity index (χ0) is 14.8. The van der Waals surface area contributed by atoms with Crippen molar-refractivity contribution in [3.05, 3.63) is 53.3 Å². The van der Waals surface area contributed by atoms with Crippen LogP contribution in [0, 0.1) is 0 Å². The number of rotatable bonds is 4. The molecule has 0 saturated carbocycles. The van der Waals surface area contributed by atoms with E-state index in [1.807, 2.05) is 30.3 Å². The number of nitrogens with zero attached hydrogens (tertiary/aromatic N) is 1. The molecule has 0 aliphatic carbocycles. The fourth-order valence-corrected chi connectivity index (χ4v) is 2.46. The summed E-state index contributed by atoms with van der Waals surface area (Å²) in [6.07, 6.45) is 1.33. The molecular formula is C16H16N2O3. The average Bonchev–Trinajstić information content (AvgIpc) is 2.90. The zero-order valence-corrected chi connectivity index (χ0v) is 11.9. The van der Waals surface area contributed by atoms with E-state index < -0.39 is 6.29 Å². The lowest BCUT2D eigenvalue weighted by Gasteiger charge is -2.13. The summed E-state index contributed by atoms with van der Waals surface area (Å²) in [4.78, 5) is 15.9. The van der Waals surface area contributed by atoms with E-state index in [1.165, 1.54) is 0 Å². The van der Waals surface area contributed by atoms with Crippen molar-refractivity contribution in [1.29, 1.82) is 0 Å². The van der Waals surface area contributed by atoms with Crippen LogP contribution in [0.1, 0.15) is 27.9 Å². The maximum Gasteiger partial charge on any atom is 0.251 e. The Kier molecular flexibility index (Phi) is 3.68. The third kappa shape index (κ3) is 2.53. The van der Waals surface area contributed by atoms with E-state index in [0.717, 1.165) is 27.9 Å². The van der Waals surface area contributed by atoms with Crippen LogP contribution < -0.4 is 5.32 Å². The van der Waals surface area contributed by atoms with E-state index in [4.69, 9.17) is 9.47 Å². The Balaban J connectivity index is 1.89. The highest BCUT2D eigenvalue weighted by atomic mass is 16.7. The van der Waals surface area contributed by atoms with Gasteiger partial charge in [0.25, 0.3) is 5.91 Å². The third-order valence-electron chi connectivity index (χ3n) is 3.58. The molecule has 108 valence electrons. The van der Waals surface area contributed by atoms with Gasteiger partial charge in [-0.1, -0.05) is 12.1 Å². The Labute approximate surface area is 122 Å². The SMILES string of the molecule is COC(OC)c1ccc(-c2ccc3c(c2)CNC3=O)cn1. The van der Waals surface area contributed by atoms with E-state index in [9.17, 15) is 4.79 Å². The molecule has 0 fully saturated rings. The molecule has 0 radical (unpaired) electrons. The van der Waals surface area contributed by atoms with E-state index in [0.29, 0.717) is 6.54 Å². The number of aromatic nitrogens is 1. The van der Waals surface area contributed by atoms with Crippen molar-refractivity contribution < 1.29 is 14.3 Å². The van der Waals surface area contributed by atoms with Gasteiger partial charge in [-0.15, -0.1) is 0 Å². The van der Waals surface area contributed by atoms with Gasteiger partial charge in [0.05, 0.1) is 5.69 Å². The highest BCUT2D eigenvalue weighted by molar-refractivity contribution is 5.98. The fourth-order valence-electron chi connectivity index (χ4n) is 2.46. The summed E-state index contributed by atoms with van der Waals surface area (Å²) in [7, 11) is 3.16. The molecule has 1 aliphatic rings. The van der Waals surface area contributed by atoms with E-state index in [2.05, 4.69) is 10.3 Å². The molecule has 0 bridgehead atoms. The lowest BCUT2D eigenvalue weighted by molar-refractivity contribution is -0.108. The molecule has 2 heterocycles. The number of fused-ring (bicyclic) bond motifs is 1. The van der Waals surface area contributed by atoms with Crippen LogP contribution in [0.3, 0.4) is 0 Å². The number of ether oxygens (including phenoxy) is 2. The van der Waals surface area contributed by atoms with Crippen molar-refractivity contribution >= 4 is 5.91 Å². The third-order valence-corrected chi connectivity index (χ3v) is 3.58. The number of hydrogen-bond donors (Lipinski definition) is 1. The van der Waals surface area contributed by atoms with Gasteiger partial charge < -0.3 is 14.8 Å². The molecule has 5 nitrogen and oxygen atoms in total. The quantitative estimate of drug-likeness (QED) is 0.875. The summed E-state index contributed by atoms with van der Waals surface area (Å²) in [5.41, 5.74) is 4.53. The Hall–Kier alpha value is -2.24. The minimum Gasteiger partial charge on any atom is -0.350 e. The first-order valence-corrected chi connectivity index (χ1v) is 6.66. The van der Waals surface area contributed by atoms with Gasteiger partial charge >= 0.3 is 0 Å². The number of pyridine rings is 1. The Morgan fingerprint density at radius 1 is 1.14 bits per heavy atom. The van der Waals surface area contributed by atoms with Gasteiger partial charge in [-0.05, 0) is 29.3 Å². The number of hydrogen-bond acceptors (Lipinski definition) is 4. The van der Waals surface area contributed by atoms with Crippen LogP contribution in [-0.4, -0.2) is 25.1 Å². The first kappa shape index (κ1) is 13.7. The van der Waals surface area contributed by atoms with E-state index in [1.54, 1.807) is 20.4 Å². The smallest absolute Gasteiger partial charge is 0.251 e. The van der Waals surface area contributed by atoms with Crippen molar-refractivity contribution in [2.45, 2.75) is 12.8 Å². The van der Waals surface area contributed by atoms with Gasteiger partial charge in [0.15, 0.2) is 0 Å². The number of carbonyl (C=O) groups excluding carboxylic acids is 1. The first-order valence-electron chi connectivity index (χ1n) is 6.66. The van der Waals surface area contributed by atoms with Gasteiger partial charge in [0.1, 0.15) is 0 Å². The molecule has 0 spiro atoms. The molecule has 3 rings (SSSR count). The molecule has 1 aromatic heterocycles. The fraction of sp³-hybridized carbons (Fsp3) is 0.250. The number of nitrogens with one attached hydrogen (secondary N) is 1. The second-order valence-corrected chi connectivity index (χ2v) is 4.83. The largest absolute Gasteiger partial charge is 0.350 e. The molecule has 1 amide bonds. The maximum atomic E-state index is 11.5. The molecule has 0 unspecified atom stereocenters. The summed E-state index contributed by atoms with van der Waals surface area (Å²) in [5, 5.41) is 2.82. The second kappa shape index (κ2) is 5.63. The molecule has 0 atom stereocenters. The van der Waals surface area contributed by atoms with Gasteiger partial charge in [0, 0.05) is 38.1 Å². The normalized spacial score (nSPS) is 13.4. The van der Waals surface area contributed by atoms with Crippen LogP contribution in [0.15, 0.2) is 36.5 Å². The minimum atomic E-state index is -0.458. The number of benzene rings is 1. The van der Waals surface area contributed by atoms with Crippen molar-refractivity contribution in [1.82, 2.24) is 10.3 Å². The molecule has 1 aromatic carbocycles. The average molecular weight is 284 g/mol. The summed E-state index contributed by atoms with van der Waals surface area (Å²) in [6, 6.07) is 9.66. The summed E-state index contributed by atoms with van der Waals surface area (Å²) in [5.74, 6) is -0.00643. The van der Waals surface area contributed by atoms with Crippen molar-refractivity contribution in [2.24, 2.45) is 0 Å². The van der Waals surface area contributed by atoms with Crippen molar-refractivity contribution in [3.63, 3.8) is 0 Å². The molecule has 2 aromatic rings.